The van der Waals surface area contributed by atoms with Crippen molar-refractivity contribution in [1.82, 2.24) is 14.8 Å². The summed E-state index contributed by atoms with van der Waals surface area (Å²) in [7, 11) is 0. The number of nitrogens with one attached hydrogen (secondary N) is 1. The zero-order valence-electron chi connectivity index (χ0n) is 19.4. The molecule has 5 heteroatoms. The van der Waals surface area contributed by atoms with Crippen molar-refractivity contribution in [1.29, 1.82) is 0 Å². The summed E-state index contributed by atoms with van der Waals surface area (Å²) in [6.07, 6.45) is 7.02. The van der Waals surface area contributed by atoms with Crippen molar-refractivity contribution in [2.24, 2.45) is 0 Å². The number of carbonyl (C=O) groups excluding carboxylic acids is 1. The van der Waals surface area contributed by atoms with Gasteiger partial charge >= 0.3 is 0 Å². The van der Waals surface area contributed by atoms with E-state index >= 15 is 0 Å². The molecule has 2 aromatic heterocycles. The van der Waals surface area contributed by atoms with E-state index in [-0.39, 0.29) is 5.91 Å². The third-order valence-electron chi connectivity index (χ3n) is 6.09. The Hall–Kier alpha value is -5.03. The van der Waals surface area contributed by atoms with E-state index in [1.54, 1.807) is 12.3 Å². The van der Waals surface area contributed by atoms with E-state index in [2.05, 4.69) is 40.6 Å². The Bertz CT molecular complexity index is 1730. The molecule has 1 amide bonds. The largest absolute Gasteiger partial charge is 0.321 e. The van der Waals surface area contributed by atoms with Crippen molar-refractivity contribution < 1.29 is 4.79 Å². The van der Waals surface area contributed by atoms with Gasteiger partial charge in [0, 0.05) is 35.0 Å². The van der Waals surface area contributed by atoms with Crippen LogP contribution in [0.4, 0.5) is 5.69 Å². The Morgan fingerprint density at radius 3 is 2.44 bits per heavy atom. The second-order valence-corrected chi connectivity index (χ2v) is 8.48. The molecule has 0 aliphatic heterocycles. The monoisotopic (exact) mass is 466 g/mol. The molecular formula is C31H22N4O. The highest BCUT2D eigenvalue weighted by atomic mass is 16.1. The van der Waals surface area contributed by atoms with Gasteiger partial charge in [0.15, 0.2) is 0 Å². The van der Waals surface area contributed by atoms with Crippen LogP contribution in [-0.4, -0.2) is 20.7 Å². The van der Waals surface area contributed by atoms with Crippen LogP contribution in [-0.2, 0) is 4.79 Å². The number of amides is 1. The predicted octanol–water partition coefficient (Wildman–Crippen LogP) is 6.89. The van der Waals surface area contributed by atoms with Crippen LogP contribution in [0.25, 0.3) is 44.7 Å². The number of carbonyl (C=O) groups is 1. The zero-order chi connectivity index (χ0) is 24.3. The molecule has 0 atom stereocenters. The molecule has 6 aromatic rings. The fourth-order valence-electron chi connectivity index (χ4n) is 4.33. The number of para-hydroxylation sites is 2. The van der Waals surface area contributed by atoms with Gasteiger partial charge in [0.25, 0.3) is 0 Å². The first-order chi connectivity index (χ1) is 17.7. The van der Waals surface area contributed by atoms with Crippen molar-refractivity contribution >= 4 is 39.3 Å². The fraction of sp³-hybridized carbons (Fsp3) is 0. The van der Waals surface area contributed by atoms with Gasteiger partial charge in [-0.1, -0.05) is 72.8 Å². The van der Waals surface area contributed by atoms with Crippen molar-refractivity contribution in [2.45, 2.75) is 0 Å². The molecule has 0 saturated carbocycles. The summed E-state index contributed by atoms with van der Waals surface area (Å²) in [5, 5.41) is 11.1. The van der Waals surface area contributed by atoms with Crippen LogP contribution < -0.4 is 5.32 Å². The Morgan fingerprint density at radius 1 is 0.778 bits per heavy atom. The molecule has 36 heavy (non-hydrogen) atoms. The van der Waals surface area contributed by atoms with E-state index in [1.807, 2.05) is 89.8 Å². The zero-order valence-corrected chi connectivity index (χ0v) is 19.4. The topological polar surface area (TPSA) is 59.8 Å². The molecule has 0 fully saturated rings. The second-order valence-electron chi connectivity index (χ2n) is 8.48. The fourth-order valence-corrected chi connectivity index (χ4v) is 4.33. The van der Waals surface area contributed by atoms with Crippen molar-refractivity contribution in [2.75, 3.05) is 5.32 Å². The van der Waals surface area contributed by atoms with E-state index in [9.17, 15) is 4.79 Å². The van der Waals surface area contributed by atoms with Crippen molar-refractivity contribution in [3.63, 3.8) is 0 Å². The summed E-state index contributed by atoms with van der Waals surface area (Å²) in [5.74, 6) is -0.231. The Morgan fingerprint density at radius 2 is 1.56 bits per heavy atom. The normalized spacial score (nSPS) is 11.3. The average molecular weight is 467 g/mol. The van der Waals surface area contributed by atoms with Gasteiger partial charge in [0.05, 0.1) is 22.6 Å². The van der Waals surface area contributed by atoms with Gasteiger partial charge in [-0.2, -0.15) is 5.10 Å². The Labute approximate surface area is 208 Å². The number of fused-ring (bicyclic) bond motifs is 2. The van der Waals surface area contributed by atoms with Crippen LogP contribution in [0.5, 0.6) is 0 Å². The maximum Gasteiger partial charge on any atom is 0.248 e. The smallest absolute Gasteiger partial charge is 0.248 e. The number of nitrogens with zero attached hydrogens (tertiary/aromatic N) is 3. The highest BCUT2D eigenvalue weighted by Gasteiger charge is 2.12. The van der Waals surface area contributed by atoms with Gasteiger partial charge in [-0.25, -0.2) is 4.68 Å². The average Bonchev–Trinajstić information content (AvgIpc) is 3.37. The minimum absolute atomic E-state index is 0.231. The minimum Gasteiger partial charge on any atom is -0.321 e. The lowest BCUT2D eigenvalue weighted by Gasteiger charge is -2.06. The first-order valence-electron chi connectivity index (χ1n) is 11.7. The van der Waals surface area contributed by atoms with E-state index in [4.69, 9.17) is 5.10 Å². The number of pyridine rings is 1. The van der Waals surface area contributed by atoms with E-state index in [0.717, 1.165) is 38.8 Å². The molecule has 2 heterocycles. The predicted molar refractivity (Wildman–Crippen MR) is 146 cm³/mol. The number of hydrogen-bond donors (Lipinski definition) is 1. The van der Waals surface area contributed by atoms with Crippen LogP contribution in [0.2, 0.25) is 0 Å². The van der Waals surface area contributed by atoms with Crippen molar-refractivity contribution in [3.05, 3.63) is 127 Å². The lowest BCUT2D eigenvalue weighted by molar-refractivity contribution is -0.111. The molecule has 0 aliphatic carbocycles. The Kier molecular flexibility index (Phi) is 5.56. The van der Waals surface area contributed by atoms with Crippen LogP contribution >= 0.6 is 0 Å². The molecule has 0 unspecified atom stereocenters. The quantitative estimate of drug-likeness (QED) is 0.281. The van der Waals surface area contributed by atoms with Gasteiger partial charge in [0.1, 0.15) is 0 Å². The van der Waals surface area contributed by atoms with E-state index in [0.29, 0.717) is 5.69 Å². The second kappa shape index (κ2) is 9.31. The molecule has 0 saturated heterocycles. The SMILES string of the molecule is O=C(/C=C\c1cn(-c2ccccc2)nc1-c1ccc2ccccc2c1)Nc1cccc2cccnc12. The molecule has 4 aromatic carbocycles. The molecule has 0 aliphatic rings. The molecular weight excluding hydrogens is 444 g/mol. The maximum absolute atomic E-state index is 12.9. The summed E-state index contributed by atoms with van der Waals surface area (Å²) in [6.45, 7) is 0. The van der Waals surface area contributed by atoms with Crippen LogP contribution in [0.3, 0.4) is 0 Å². The third-order valence-corrected chi connectivity index (χ3v) is 6.09. The first-order valence-corrected chi connectivity index (χ1v) is 11.7. The minimum atomic E-state index is -0.231. The van der Waals surface area contributed by atoms with Gasteiger partial charge < -0.3 is 5.32 Å². The lowest BCUT2D eigenvalue weighted by Crippen LogP contribution is -2.08. The summed E-state index contributed by atoms with van der Waals surface area (Å²) >= 11 is 0. The highest BCUT2D eigenvalue weighted by molar-refractivity contribution is 6.06. The van der Waals surface area contributed by atoms with Crippen LogP contribution in [0, 0.1) is 0 Å². The standard InChI is InChI=1S/C31H22N4O/c36-29(33-28-14-6-10-23-11-7-19-32-31(23)28)18-17-26-21-35(27-12-2-1-3-13-27)34-30(26)25-16-15-22-8-4-5-9-24(22)20-25/h1-21H,(H,33,36)/b18-17-. The lowest BCUT2D eigenvalue weighted by atomic mass is 10.0. The Balaban J connectivity index is 1.36. The molecule has 6 rings (SSSR count). The first kappa shape index (κ1) is 21.5. The van der Waals surface area contributed by atoms with Crippen molar-refractivity contribution in [3.8, 4) is 16.9 Å². The third kappa shape index (κ3) is 4.26. The summed E-state index contributed by atoms with van der Waals surface area (Å²) in [5.41, 5.74) is 5.03. The number of hydrogen-bond acceptors (Lipinski definition) is 3. The molecule has 172 valence electrons. The molecule has 0 bridgehead atoms. The molecule has 5 nitrogen and oxygen atoms in total. The highest BCUT2D eigenvalue weighted by Crippen LogP contribution is 2.28. The van der Waals surface area contributed by atoms with Gasteiger partial charge in [-0.05, 0) is 47.2 Å². The number of anilines is 1. The molecule has 0 spiro atoms. The molecule has 0 radical (unpaired) electrons. The number of rotatable bonds is 5. The maximum atomic E-state index is 12.9. The number of aromatic nitrogens is 3. The summed E-state index contributed by atoms with van der Waals surface area (Å²) in [4.78, 5) is 17.3. The van der Waals surface area contributed by atoms with Gasteiger partial charge in [-0.3, -0.25) is 9.78 Å². The van der Waals surface area contributed by atoms with Gasteiger partial charge in [-0.15, -0.1) is 0 Å². The van der Waals surface area contributed by atoms with Crippen LogP contribution in [0.15, 0.2) is 122 Å². The molecule has 1 N–H and O–H groups in total. The van der Waals surface area contributed by atoms with E-state index in [1.165, 1.54) is 5.39 Å². The summed E-state index contributed by atoms with van der Waals surface area (Å²) in [6, 6.07) is 34.1. The van der Waals surface area contributed by atoms with Crippen LogP contribution in [0.1, 0.15) is 5.56 Å². The number of benzene rings is 4. The van der Waals surface area contributed by atoms with E-state index < -0.39 is 0 Å². The summed E-state index contributed by atoms with van der Waals surface area (Å²) < 4.78 is 1.84. The van der Waals surface area contributed by atoms with Gasteiger partial charge in [0.2, 0.25) is 5.91 Å².